The minimum absolute atomic E-state index is 0.135. The Hall–Kier alpha value is -2.21. The van der Waals surface area contributed by atoms with Gasteiger partial charge < -0.3 is 20.5 Å². The average molecular weight is 333 g/mol. The van der Waals surface area contributed by atoms with Crippen molar-refractivity contribution in [3.8, 4) is 11.5 Å². The van der Waals surface area contributed by atoms with Crippen molar-refractivity contribution in [2.45, 2.75) is 18.9 Å². The molecule has 23 heavy (non-hydrogen) atoms. The lowest BCUT2D eigenvalue weighted by Gasteiger charge is -2.23. The van der Waals surface area contributed by atoms with Gasteiger partial charge in [0.05, 0.1) is 6.04 Å². The van der Waals surface area contributed by atoms with E-state index in [1.807, 2.05) is 12.1 Å². The molecule has 2 aliphatic rings. The Balaban J connectivity index is 1.63. The first-order chi connectivity index (χ1) is 11.2. The molecule has 6 nitrogen and oxygen atoms in total. The smallest absolute Gasteiger partial charge is 0.223 e. The van der Waals surface area contributed by atoms with Crippen LogP contribution in [-0.4, -0.2) is 23.2 Å². The van der Waals surface area contributed by atoms with Crippen molar-refractivity contribution >= 4 is 23.4 Å². The second kappa shape index (κ2) is 5.77. The lowest BCUT2D eigenvalue weighted by Crippen LogP contribution is -2.18. The van der Waals surface area contributed by atoms with E-state index in [0.717, 1.165) is 17.1 Å². The molecule has 1 saturated carbocycles. The number of nitrogen functional groups attached to an aromatic ring is 1. The molecule has 2 heterocycles. The first-order valence-electron chi connectivity index (χ1n) is 7.65. The number of nitrogens with one attached hydrogen (secondary N) is 1. The number of hydrogen-bond acceptors (Lipinski definition) is 6. The summed E-state index contributed by atoms with van der Waals surface area (Å²) in [5.41, 5.74) is 6.82. The van der Waals surface area contributed by atoms with Gasteiger partial charge in [-0.1, -0.05) is 17.7 Å². The minimum Gasteiger partial charge on any atom is -0.486 e. The maximum absolute atomic E-state index is 5.96. The Kier molecular flexibility index (Phi) is 3.61. The zero-order valence-corrected chi connectivity index (χ0v) is 13.2. The largest absolute Gasteiger partial charge is 0.486 e. The van der Waals surface area contributed by atoms with Crippen LogP contribution in [0.25, 0.3) is 0 Å². The predicted molar refractivity (Wildman–Crippen MR) is 88.0 cm³/mol. The summed E-state index contributed by atoms with van der Waals surface area (Å²) in [6.07, 6.45) is 2.36. The number of hydrogen-bond donors (Lipinski definition) is 2. The molecule has 1 aliphatic heterocycles. The van der Waals surface area contributed by atoms with E-state index in [0.29, 0.717) is 30.1 Å². The lowest BCUT2D eigenvalue weighted by molar-refractivity contribution is 0.171. The number of ether oxygens (including phenoxy) is 2. The highest BCUT2D eigenvalue weighted by molar-refractivity contribution is 6.29. The molecule has 1 aromatic heterocycles. The normalized spacial score (nSPS) is 17.6. The van der Waals surface area contributed by atoms with Crippen LogP contribution in [0.5, 0.6) is 11.5 Å². The van der Waals surface area contributed by atoms with Crippen molar-refractivity contribution in [2.24, 2.45) is 5.92 Å². The van der Waals surface area contributed by atoms with Crippen LogP contribution in [0.4, 0.5) is 11.8 Å². The molecule has 1 atom stereocenters. The van der Waals surface area contributed by atoms with Gasteiger partial charge in [-0.2, -0.15) is 4.98 Å². The molecule has 0 radical (unpaired) electrons. The van der Waals surface area contributed by atoms with E-state index in [-0.39, 0.29) is 12.0 Å². The predicted octanol–water partition coefficient (Wildman–Crippen LogP) is 3.05. The number of aromatic nitrogens is 2. The molecule has 0 saturated heterocycles. The monoisotopic (exact) mass is 332 g/mol. The molecule has 0 bridgehead atoms. The summed E-state index contributed by atoms with van der Waals surface area (Å²) in [4.78, 5) is 8.10. The summed E-state index contributed by atoms with van der Waals surface area (Å²) in [5.74, 6) is 2.95. The fourth-order valence-corrected chi connectivity index (χ4v) is 3.01. The van der Waals surface area contributed by atoms with Crippen LogP contribution in [-0.2, 0) is 0 Å². The van der Waals surface area contributed by atoms with Crippen LogP contribution in [0.1, 0.15) is 24.4 Å². The topological polar surface area (TPSA) is 82.3 Å². The van der Waals surface area contributed by atoms with Gasteiger partial charge in [0, 0.05) is 6.07 Å². The van der Waals surface area contributed by atoms with E-state index in [1.165, 1.54) is 12.8 Å². The van der Waals surface area contributed by atoms with Crippen LogP contribution in [0, 0.1) is 5.92 Å². The quantitative estimate of drug-likeness (QED) is 0.837. The van der Waals surface area contributed by atoms with Gasteiger partial charge >= 0.3 is 0 Å². The fraction of sp³-hybridized carbons (Fsp3) is 0.375. The van der Waals surface area contributed by atoms with E-state index in [1.54, 1.807) is 6.07 Å². The molecule has 2 aromatic rings. The van der Waals surface area contributed by atoms with Gasteiger partial charge in [0.25, 0.3) is 0 Å². The van der Waals surface area contributed by atoms with E-state index in [9.17, 15) is 0 Å². The van der Waals surface area contributed by atoms with Crippen LogP contribution in [0.3, 0.4) is 0 Å². The van der Waals surface area contributed by atoms with Gasteiger partial charge in [0.1, 0.15) is 24.2 Å². The van der Waals surface area contributed by atoms with Crippen LogP contribution in [0.2, 0.25) is 5.15 Å². The first-order valence-corrected chi connectivity index (χ1v) is 8.03. The highest BCUT2D eigenvalue weighted by Gasteiger charge is 2.33. The number of nitrogens with two attached hydrogens (primary N) is 1. The number of rotatable bonds is 4. The van der Waals surface area contributed by atoms with E-state index in [2.05, 4.69) is 21.4 Å². The summed E-state index contributed by atoms with van der Waals surface area (Å²) in [7, 11) is 0. The number of fused-ring (bicyclic) bond motifs is 1. The molecular formula is C16H17ClN4O2. The SMILES string of the molecule is Nc1nc(Cl)cc(N[C@@H](c2ccc3c(c2)OCCO3)C2CC2)n1. The van der Waals surface area contributed by atoms with E-state index >= 15 is 0 Å². The van der Waals surface area contributed by atoms with Gasteiger partial charge in [-0.15, -0.1) is 0 Å². The van der Waals surface area contributed by atoms with Crippen molar-refractivity contribution in [3.05, 3.63) is 35.0 Å². The van der Waals surface area contributed by atoms with Crippen molar-refractivity contribution in [3.63, 3.8) is 0 Å². The Morgan fingerprint density at radius 1 is 1.13 bits per heavy atom. The van der Waals surface area contributed by atoms with Crippen molar-refractivity contribution in [1.29, 1.82) is 0 Å². The lowest BCUT2D eigenvalue weighted by atomic mass is 10.0. The average Bonchev–Trinajstić information content (AvgIpc) is 3.36. The van der Waals surface area contributed by atoms with Gasteiger partial charge in [-0.05, 0) is 36.5 Å². The van der Waals surface area contributed by atoms with E-state index < -0.39 is 0 Å². The maximum Gasteiger partial charge on any atom is 0.223 e. The summed E-state index contributed by atoms with van der Waals surface area (Å²) >= 11 is 5.96. The van der Waals surface area contributed by atoms with Gasteiger partial charge in [0.2, 0.25) is 5.95 Å². The molecule has 1 aliphatic carbocycles. The molecule has 120 valence electrons. The molecule has 4 rings (SSSR count). The van der Waals surface area contributed by atoms with Crippen LogP contribution in [0.15, 0.2) is 24.3 Å². The van der Waals surface area contributed by atoms with Crippen LogP contribution >= 0.6 is 11.6 Å². The number of halogens is 1. The standard InChI is InChI=1S/C16H17ClN4O2/c17-13-8-14(21-16(18)19-13)20-15(9-1-2-9)10-3-4-11-12(7-10)23-6-5-22-11/h3-4,7-9,15H,1-2,5-6H2,(H3,18,19,20,21)/t15-/m1/s1. The van der Waals surface area contributed by atoms with Crippen LogP contribution < -0.4 is 20.5 Å². The first kappa shape index (κ1) is 14.4. The molecule has 3 N–H and O–H groups in total. The molecule has 0 unspecified atom stereocenters. The molecule has 0 amide bonds. The third-order valence-electron chi connectivity index (χ3n) is 4.03. The van der Waals surface area contributed by atoms with Gasteiger partial charge in [0.15, 0.2) is 11.5 Å². The maximum atomic E-state index is 5.96. The summed E-state index contributed by atoms with van der Waals surface area (Å²) in [5, 5.41) is 3.76. The molecular weight excluding hydrogens is 316 g/mol. The highest BCUT2D eigenvalue weighted by atomic mass is 35.5. The molecule has 1 fully saturated rings. The Morgan fingerprint density at radius 2 is 1.91 bits per heavy atom. The molecule has 0 spiro atoms. The number of anilines is 2. The Morgan fingerprint density at radius 3 is 2.65 bits per heavy atom. The van der Waals surface area contributed by atoms with Gasteiger partial charge in [-0.3, -0.25) is 0 Å². The third-order valence-corrected chi connectivity index (χ3v) is 4.23. The van der Waals surface area contributed by atoms with Crippen molar-refractivity contribution in [1.82, 2.24) is 9.97 Å². The summed E-state index contributed by atoms with van der Waals surface area (Å²) in [6.45, 7) is 1.17. The van der Waals surface area contributed by atoms with E-state index in [4.69, 9.17) is 26.8 Å². The number of benzene rings is 1. The molecule has 7 heteroatoms. The summed E-state index contributed by atoms with van der Waals surface area (Å²) in [6, 6.07) is 7.89. The minimum atomic E-state index is 0.135. The second-order valence-corrected chi connectivity index (χ2v) is 6.18. The zero-order chi connectivity index (χ0) is 15.8. The highest BCUT2D eigenvalue weighted by Crippen LogP contribution is 2.44. The fourth-order valence-electron chi connectivity index (χ4n) is 2.82. The van der Waals surface area contributed by atoms with Gasteiger partial charge in [-0.25, -0.2) is 4.98 Å². The van der Waals surface area contributed by atoms with Crippen molar-refractivity contribution in [2.75, 3.05) is 24.3 Å². The van der Waals surface area contributed by atoms with Crippen molar-refractivity contribution < 1.29 is 9.47 Å². The Labute approximate surface area is 139 Å². The molecule has 1 aromatic carbocycles. The second-order valence-electron chi connectivity index (χ2n) is 5.80. The zero-order valence-electron chi connectivity index (χ0n) is 12.5. The third kappa shape index (κ3) is 3.12. The number of nitrogens with zero attached hydrogens (tertiary/aromatic N) is 2. The Bertz CT molecular complexity index is 716. The summed E-state index contributed by atoms with van der Waals surface area (Å²) < 4.78 is 11.3.